The second-order valence-electron chi connectivity index (χ2n) is 6.54. The number of aryl methyl sites for hydroxylation is 1. The molecular formula is C21H15Cl2N5O. The van der Waals surface area contributed by atoms with Crippen LogP contribution < -0.4 is 10.9 Å². The third-order valence-electron chi connectivity index (χ3n) is 4.55. The van der Waals surface area contributed by atoms with Crippen molar-refractivity contribution in [2.45, 2.75) is 13.5 Å². The molecule has 29 heavy (non-hydrogen) atoms. The van der Waals surface area contributed by atoms with Crippen molar-refractivity contribution in [1.29, 1.82) is 5.26 Å². The van der Waals surface area contributed by atoms with Crippen LogP contribution in [0.15, 0.2) is 53.3 Å². The average Bonchev–Trinajstić information content (AvgIpc) is 3.03. The molecule has 0 amide bonds. The average molecular weight is 424 g/mol. The molecule has 144 valence electrons. The molecule has 0 aliphatic heterocycles. The fourth-order valence-corrected chi connectivity index (χ4v) is 3.65. The van der Waals surface area contributed by atoms with E-state index in [4.69, 9.17) is 28.5 Å². The first-order valence-corrected chi connectivity index (χ1v) is 9.52. The first-order chi connectivity index (χ1) is 14.0. The van der Waals surface area contributed by atoms with Crippen molar-refractivity contribution in [2.24, 2.45) is 0 Å². The second-order valence-corrected chi connectivity index (χ2v) is 7.38. The van der Waals surface area contributed by atoms with Crippen LogP contribution in [0.3, 0.4) is 0 Å². The Morgan fingerprint density at radius 3 is 2.62 bits per heavy atom. The van der Waals surface area contributed by atoms with E-state index in [1.54, 1.807) is 24.3 Å². The highest BCUT2D eigenvalue weighted by Gasteiger charge is 2.17. The smallest absolute Gasteiger partial charge is 0.274 e. The number of benzene rings is 2. The summed E-state index contributed by atoms with van der Waals surface area (Å²) in [4.78, 5) is 17.2. The highest BCUT2D eigenvalue weighted by Crippen LogP contribution is 2.34. The van der Waals surface area contributed by atoms with E-state index in [1.807, 2.05) is 25.1 Å². The third kappa shape index (κ3) is 3.70. The second kappa shape index (κ2) is 7.63. The van der Waals surface area contributed by atoms with E-state index in [0.717, 1.165) is 22.4 Å². The van der Waals surface area contributed by atoms with Gasteiger partial charge in [0.25, 0.3) is 5.56 Å². The molecule has 4 aromatic rings. The van der Waals surface area contributed by atoms with Crippen LogP contribution in [0.2, 0.25) is 10.0 Å². The van der Waals surface area contributed by atoms with E-state index in [0.29, 0.717) is 33.6 Å². The summed E-state index contributed by atoms with van der Waals surface area (Å²) in [6, 6.07) is 15.9. The van der Waals surface area contributed by atoms with Gasteiger partial charge >= 0.3 is 0 Å². The Morgan fingerprint density at radius 1 is 1.17 bits per heavy atom. The highest BCUT2D eigenvalue weighted by atomic mass is 35.5. The van der Waals surface area contributed by atoms with Crippen LogP contribution in [-0.2, 0) is 6.54 Å². The van der Waals surface area contributed by atoms with E-state index in [-0.39, 0.29) is 5.56 Å². The number of nitrogens with zero attached hydrogens (tertiary/aromatic N) is 3. The van der Waals surface area contributed by atoms with Crippen LogP contribution in [0.1, 0.15) is 16.8 Å². The summed E-state index contributed by atoms with van der Waals surface area (Å²) in [7, 11) is 0. The molecule has 0 bridgehead atoms. The maximum atomic E-state index is 12.6. The Kier molecular flexibility index (Phi) is 5.01. The third-order valence-corrected chi connectivity index (χ3v) is 5.10. The predicted molar refractivity (Wildman–Crippen MR) is 114 cm³/mol. The number of H-pyrrole nitrogens is 1. The summed E-state index contributed by atoms with van der Waals surface area (Å²) < 4.78 is 1.39. The molecule has 0 radical (unpaired) electrons. The predicted octanol–water partition coefficient (Wildman–Crippen LogP) is 4.79. The van der Waals surface area contributed by atoms with E-state index < -0.39 is 0 Å². The molecule has 6 nitrogen and oxygen atoms in total. The SMILES string of the molecule is Cc1[nH]n2c(=O)cc(NCc3ccc(C#N)cc3)nc2c1-c1ccc(Cl)cc1Cl. The molecule has 2 aromatic carbocycles. The molecule has 0 aliphatic carbocycles. The molecule has 2 aromatic heterocycles. The summed E-state index contributed by atoms with van der Waals surface area (Å²) in [6.45, 7) is 2.33. The summed E-state index contributed by atoms with van der Waals surface area (Å²) >= 11 is 12.4. The van der Waals surface area contributed by atoms with Gasteiger partial charge < -0.3 is 5.32 Å². The first-order valence-electron chi connectivity index (χ1n) is 8.77. The lowest BCUT2D eigenvalue weighted by molar-refractivity contribution is 0.879. The van der Waals surface area contributed by atoms with Crippen LogP contribution in [0.25, 0.3) is 16.8 Å². The molecule has 0 atom stereocenters. The Morgan fingerprint density at radius 2 is 1.93 bits per heavy atom. The van der Waals surface area contributed by atoms with E-state index in [9.17, 15) is 4.79 Å². The van der Waals surface area contributed by atoms with Crippen LogP contribution >= 0.6 is 23.2 Å². The van der Waals surface area contributed by atoms with Gasteiger partial charge in [0.1, 0.15) is 5.82 Å². The Labute approximate surface area is 176 Å². The standard InChI is InChI=1S/C21H15Cl2N5O/c1-12-20(16-7-6-15(22)8-17(16)23)21-26-18(9-19(29)28(21)27-12)25-11-14-4-2-13(10-24)3-5-14/h2-9,25,27H,11H2,1H3. The largest absolute Gasteiger partial charge is 0.366 e. The van der Waals surface area contributed by atoms with Crippen LogP contribution in [0, 0.1) is 18.3 Å². The Hall–Kier alpha value is -3.27. The number of aromatic nitrogens is 3. The number of fused-ring (bicyclic) bond motifs is 1. The van der Waals surface area contributed by atoms with Crippen molar-refractivity contribution in [3.63, 3.8) is 0 Å². The van der Waals surface area contributed by atoms with E-state index in [1.165, 1.54) is 10.6 Å². The van der Waals surface area contributed by atoms with Crippen molar-refractivity contribution in [1.82, 2.24) is 14.6 Å². The van der Waals surface area contributed by atoms with Crippen LogP contribution in [0.4, 0.5) is 5.82 Å². The number of nitriles is 1. The van der Waals surface area contributed by atoms with Crippen molar-refractivity contribution in [3.05, 3.63) is 85.8 Å². The minimum atomic E-state index is -0.239. The molecule has 0 aliphatic rings. The highest BCUT2D eigenvalue weighted by molar-refractivity contribution is 6.36. The number of aromatic amines is 1. The molecule has 0 saturated carbocycles. The number of halogens is 2. The summed E-state index contributed by atoms with van der Waals surface area (Å²) in [5.74, 6) is 0.449. The minimum absolute atomic E-state index is 0.239. The topological polar surface area (TPSA) is 86.0 Å². The molecular weight excluding hydrogens is 409 g/mol. The van der Waals surface area contributed by atoms with Crippen LogP contribution in [-0.4, -0.2) is 14.6 Å². The summed E-state index contributed by atoms with van der Waals surface area (Å²) in [5.41, 5.74) is 4.05. The van der Waals surface area contributed by atoms with Gasteiger partial charge in [-0.15, -0.1) is 0 Å². The quantitative estimate of drug-likeness (QED) is 0.493. The lowest BCUT2D eigenvalue weighted by Gasteiger charge is -2.08. The molecule has 0 spiro atoms. The van der Waals surface area contributed by atoms with Crippen molar-refractivity contribution < 1.29 is 0 Å². The van der Waals surface area contributed by atoms with Gasteiger partial charge in [-0.1, -0.05) is 41.4 Å². The normalized spacial score (nSPS) is 10.8. The van der Waals surface area contributed by atoms with Crippen molar-refractivity contribution in [2.75, 3.05) is 5.32 Å². The minimum Gasteiger partial charge on any atom is -0.366 e. The molecule has 4 rings (SSSR count). The fraction of sp³-hybridized carbons (Fsp3) is 0.0952. The number of hydrogen-bond acceptors (Lipinski definition) is 4. The molecule has 0 unspecified atom stereocenters. The Bertz CT molecular complexity index is 1320. The van der Waals surface area contributed by atoms with Gasteiger partial charge in [-0.25, -0.2) is 9.50 Å². The number of anilines is 1. The van der Waals surface area contributed by atoms with E-state index in [2.05, 4.69) is 21.5 Å². The zero-order valence-corrected chi connectivity index (χ0v) is 16.8. The summed E-state index contributed by atoms with van der Waals surface area (Å²) in [5, 5.41) is 16.1. The molecule has 2 heterocycles. The zero-order chi connectivity index (χ0) is 20.5. The van der Waals surface area contributed by atoms with Gasteiger partial charge in [0, 0.05) is 34.5 Å². The molecule has 8 heteroatoms. The monoisotopic (exact) mass is 423 g/mol. The lowest BCUT2D eigenvalue weighted by atomic mass is 10.1. The fourth-order valence-electron chi connectivity index (χ4n) is 3.14. The van der Waals surface area contributed by atoms with Gasteiger partial charge in [-0.05, 0) is 36.8 Å². The van der Waals surface area contributed by atoms with Crippen molar-refractivity contribution >= 4 is 34.7 Å². The molecule has 2 N–H and O–H groups in total. The zero-order valence-electron chi connectivity index (χ0n) is 15.3. The maximum Gasteiger partial charge on any atom is 0.274 e. The van der Waals surface area contributed by atoms with Gasteiger partial charge in [-0.2, -0.15) is 5.26 Å². The Balaban J connectivity index is 1.73. The number of rotatable bonds is 4. The first kappa shape index (κ1) is 19.1. The maximum absolute atomic E-state index is 12.6. The molecule has 0 saturated heterocycles. The van der Waals surface area contributed by atoms with E-state index >= 15 is 0 Å². The number of hydrogen-bond donors (Lipinski definition) is 2. The molecule has 0 fully saturated rings. The van der Waals surface area contributed by atoms with Gasteiger partial charge in [0.15, 0.2) is 5.65 Å². The lowest BCUT2D eigenvalue weighted by Crippen LogP contribution is -2.16. The van der Waals surface area contributed by atoms with Crippen LogP contribution in [0.5, 0.6) is 0 Å². The number of nitrogens with one attached hydrogen (secondary N) is 2. The van der Waals surface area contributed by atoms with Gasteiger partial charge in [0.2, 0.25) is 0 Å². The summed E-state index contributed by atoms with van der Waals surface area (Å²) in [6.07, 6.45) is 0. The van der Waals surface area contributed by atoms with Gasteiger partial charge in [0.05, 0.1) is 16.7 Å². The van der Waals surface area contributed by atoms with Gasteiger partial charge in [-0.3, -0.25) is 9.89 Å². The van der Waals surface area contributed by atoms with Crippen molar-refractivity contribution in [3.8, 4) is 17.2 Å².